The van der Waals surface area contributed by atoms with Gasteiger partial charge in [0.1, 0.15) is 6.54 Å². The molecular formula is C16H22BrN3O2. The molecule has 0 bridgehead atoms. The van der Waals surface area contributed by atoms with Gasteiger partial charge < -0.3 is 14.7 Å². The molecule has 0 aromatic heterocycles. The summed E-state index contributed by atoms with van der Waals surface area (Å²) in [5.41, 5.74) is 0.732. The predicted octanol–water partition coefficient (Wildman–Crippen LogP) is 1.97. The predicted molar refractivity (Wildman–Crippen MR) is 90.9 cm³/mol. The van der Waals surface area contributed by atoms with Crippen molar-refractivity contribution in [2.45, 2.75) is 13.8 Å². The zero-order chi connectivity index (χ0) is 16.1. The summed E-state index contributed by atoms with van der Waals surface area (Å²) >= 11 is 3.44. The first-order valence-electron chi connectivity index (χ1n) is 7.55. The van der Waals surface area contributed by atoms with Crippen molar-refractivity contribution in [2.75, 3.05) is 44.2 Å². The number of carbonyl (C=O) groups excluding carboxylic acids is 2. The third kappa shape index (κ3) is 4.08. The molecule has 1 saturated heterocycles. The van der Waals surface area contributed by atoms with Crippen molar-refractivity contribution in [3.05, 3.63) is 28.7 Å². The SMILES string of the molecule is CCN1CCN(C(=O)CN(C(C)=O)c2ccccc2Br)CC1. The summed E-state index contributed by atoms with van der Waals surface area (Å²) in [4.78, 5) is 30.1. The molecule has 120 valence electrons. The normalized spacial score (nSPS) is 15.7. The number of anilines is 1. The third-order valence-electron chi connectivity index (χ3n) is 3.99. The van der Waals surface area contributed by atoms with Gasteiger partial charge in [0.15, 0.2) is 0 Å². The van der Waals surface area contributed by atoms with Crippen LogP contribution in [0.25, 0.3) is 0 Å². The van der Waals surface area contributed by atoms with Crippen molar-refractivity contribution in [2.24, 2.45) is 0 Å². The van der Waals surface area contributed by atoms with Crippen LogP contribution in [0.4, 0.5) is 5.69 Å². The molecule has 1 aliphatic heterocycles. The number of hydrogen-bond donors (Lipinski definition) is 0. The van der Waals surface area contributed by atoms with Crippen LogP contribution < -0.4 is 4.90 Å². The van der Waals surface area contributed by atoms with Gasteiger partial charge in [0.25, 0.3) is 0 Å². The molecule has 0 unspecified atom stereocenters. The van der Waals surface area contributed by atoms with Gasteiger partial charge in [0.2, 0.25) is 11.8 Å². The molecule has 1 heterocycles. The number of amides is 2. The van der Waals surface area contributed by atoms with Crippen molar-refractivity contribution in [3.63, 3.8) is 0 Å². The number of likely N-dealkylation sites (N-methyl/N-ethyl adjacent to an activating group) is 1. The number of carbonyl (C=O) groups is 2. The van der Waals surface area contributed by atoms with E-state index in [9.17, 15) is 9.59 Å². The Morgan fingerprint density at radius 1 is 1.18 bits per heavy atom. The number of halogens is 1. The van der Waals surface area contributed by atoms with Gasteiger partial charge in [0, 0.05) is 37.6 Å². The lowest BCUT2D eigenvalue weighted by Gasteiger charge is -2.35. The molecular weight excluding hydrogens is 346 g/mol. The molecule has 1 fully saturated rings. The van der Waals surface area contributed by atoms with E-state index in [4.69, 9.17) is 0 Å². The molecule has 0 aliphatic carbocycles. The monoisotopic (exact) mass is 367 g/mol. The van der Waals surface area contributed by atoms with Crippen LogP contribution in [0, 0.1) is 0 Å². The van der Waals surface area contributed by atoms with E-state index >= 15 is 0 Å². The summed E-state index contributed by atoms with van der Waals surface area (Å²) in [6, 6.07) is 7.46. The number of piperazine rings is 1. The van der Waals surface area contributed by atoms with Crippen LogP contribution in [0.2, 0.25) is 0 Å². The fourth-order valence-corrected chi connectivity index (χ4v) is 3.08. The van der Waals surface area contributed by atoms with E-state index in [2.05, 4.69) is 27.8 Å². The van der Waals surface area contributed by atoms with Gasteiger partial charge in [-0.1, -0.05) is 19.1 Å². The summed E-state index contributed by atoms with van der Waals surface area (Å²) in [6.07, 6.45) is 0. The zero-order valence-electron chi connectivity index (χ0n) is 13.1. The number of para-hydroxylation sites is 1. The van der Waals surface area contributed by atoms with Gasteiger partial charge in [-0.05, 0) is 34.6 Å². The van der Waals surface area contributed by atoms with Gasteiger partial charge >= 0.3 is 0 Å². The van der Waals surface area contributed by atoms with Crippen LogP contribution in [0.15, 0.2) is 28.7 Å². The Balaban J connectivity index is 2.04. The summed E-state index contributed by atoms with van der Waals surface area (Å²) in [7, 11) is 0. The summed E-state index contributed by atoms with van der Waals surface area (Å²) in [6.45, 7) is 7.98. The van der Waals surface area contributed by atoms with E-state index in [-0.39, 0.29) is 18.4 Å². The lowest BCUT2D eigenvalue weighted by atomic mass is 10.2. The first kappa shape index (κ1) is 17.0. The highest BCUT2D eigenvalue weighted by Crippen LogP contribution is 2.25. The average Bonchev–Trinajstić information content (AvgIpc) is 2.53. The number of rotatable bonds is 4. The highest BCUT2D eigenvalue weighted by Gasteiger charge is 2.24. The van der Waals surface area contributed by atoms with Crippen molar-refractivity contribution >= 4 is 33.4 Å². The zero-order valence-corrected chi connectivity index (χ0v) is 14.7. The molecule has 2 rings (SSSR count). The number of hydrogen-bond acceptors (Lipinski definition) is 3. The van der Waals surface area contributed by atoms with Gasteiger partial charge in [-0.2, -0.15) is 0 Å². The Hall–Kier alpha value is -1.40. The second-order valence-electron chi connectivity index (χ2n) is 5.37. The standard InChI is InChI=1S/C16H22BrN3O2/c1-3-18-8-10-19(11-9-18)16(22)12-20(13(2)21)15-7-5-4-6-14(15)17/h4-7H,3,8-12H2,1-2H3. The maximum absolute atomic E-state index is 12.5. The maximum atomic E-state index is 12.5. The quantitative estimate of drug-likeness (QED) is 0.816. The molecule has 0 N–H and O–H groups in total. The van der Waals surface area contributed by atoms with Crippen molar-refractivity contribution < 1.29 is 9.59 Å². The minimum Gasteiger partial charge on any atom is -0.339 e. The molecule has 5 nitrogen and oxygen atoms in total. The van der Waals surface area contributed by atoms with E-state index in [1.807, 2.05) is 29.2 Å². The molecule has 0 spiro atoms. The largest absolute Gasteiger partial charge is 0.339 e. The van der Waals surface area contributed by atoms with Gasteiger partial charge in [-0.15, -0.1) is 0 Å². The molecule has 1 aromatic carbocycles. The average molecular weight is 368 g/mol. The Kier molecular flexibility index (Phi) is 5.97. The molecule has 0 radical (unpaired) electrons. The van der Waals surface area contributed by atoms with Crippen molar-refractivity contribution in [1.29, 1.82) is 0 Å². The number of benzene rings is 1. The minimum absolute atomic E-state index is 0.00158. The Bertz CT molecular complexity index is 542. The van der Waals surface area contributed by atoms with Crippen molar-refractivity contribution in [3.8, 4) is 0 Å². The molecule has 22 heavy (non-hydrogen) atoms. The number of nitrogens with zero attached hydrogens (tertiary/aromatic N) is 3. The van der Waals surface area contributed by atoms with Gasteiger partial charge in [0.05, 0.1) is 5.69 Å². The maximum Gasteiger partial charge on any atom is 0.242 e. The van der Waals surface area contributed by atoms with E-state index in [0.29, 0.717) is 0 Å². The smallest absolute Gasteiger partial charge is 0.242 e. The second-order valence-corrected chi connectivity index (χ2v) is 6.23. The van der Waals surface area contributed by atoms with Crippen LogP contribution >= 0.6 is 15.9 Å². The first-order chi connectivity index (χ1) is 10.5. The first-order valence-corrected chi connectivity index (χ1v) is 8.35. The van der Waals surface area contributed by atoms with Crippen molar-refractivity contribution in [1.82, 2.24) is 9.80 Å². The van der Waals surface area contributed by atoms with E-state index in [1.54, 1.807) is 0 Å². The second kappa shape index (κ2) is 7.74. The molecule has 0 saturated carbocycles. The summed E-state index contributed by atoms with van der Waals surface area (Å²) in [5.74, 6) is -0.130. The molecule has 6 heteroatoms. The minimum atomic E-state index is -0.132. The van der Waals surface area contributed by atoms with E-state index in [1.165, 1.54) is 11.8 Å². The summed E-state index contributed by atoms with van der Waals surface area (Å²) < 4.78 is 0.814. The van der Waals surface area contributed by atoms with E-state index in [0.717, 1.165) is 42.9 Å². The topological polar surface area (TPSA) is 43.9 Å². The molecule has 0 atom stereocenters. The molecule has 1 aliphatic rings. The lowest BCUT2D eigenvalue weighted by molar-refractivity contribution is -0.132. The highest BCUT2D eigenvalue weighted by molar-refractivity contribution is 9.10. The third-order valence-corrected chi connectivity index (χ3v) is 4.66. The lowest BCUT2D eigenvalue weighted by Crippen LogP contribution is -2.51. The Morgan fingerprint density at radius 2 is 1.82 bits per heavy atom. The molecule has 2 amide bonds. The van der Waals surface area contributed by atoms with E-state index < -0.39 is 0 Å². The fourth-order valence-electron chi connectivity index (χ4n) is 2.59. The van der Waals surface area contributed by atoms with Crippen LogP contribution in [-0.2, 0) is 9.59 Å². The van der Waals surface area contributed by atoms with Crippen LogP contribution in [0.1, 0.15) is 13.8 Å². The Labute approximate surface area is 140 Å². The Morgan fingerprint density at radius 3 is 2.36 bits per heavy atom. The fraction of sp³-hybridized carbons (Fsp3) is 0.500. The molecule has 1 aromatic rings. The van der Waals surface area contributed by atoms with Crippen LogP contribution in [-0.4, -0.2) is 60.9 Å². The van der Waals surface area contributed by atoms with Gasteiger partial charge in [-0.25, -0.2) is 0 Å². The summed E-state index contributed by atoms with van der Waals surface area (Å²) in [5, 5.41) is 0. The van der Waals surface area contributed by atoms with Gasteiger partial charge in [-0.3, -0.25) is 9.59 Å². The van der Waals surface area contributed by atoms with Crippen LogP contribution in [0.3, 0.4) is 0 Å². The van der Waals surface area contributed by atoms with Crippen LogP contribution in [0.5, 0.6) is 0 Å². The highest BCUT2D eigenvalue weighted by atomic mass is 79.9.